The minimum atomic E-state index is -0.00709. The van der Waals surface area contributed by atoms with Gasteiger partial charge in [0.15, 0.2) is 23.0 Å². The van der Waals surface area contributed by atoms with E-state index in [-0.39, 0.29) is 6.04 Å². The quantitative estimate of drug-likeness (QED) is 0.745. The lowest BCUT2D eigenvalue weighted by Gasteiger charge is -2.29. The Morgan fingerprint density at radius 2 is 1.43 bits per heavy atom. The van der Waals surface area contributed by atoms with Crippen LogP contribution in [0.15, 0.2) is 24.3 Å². The van der Waals surface area contributed by atoms with Crippen molar-refractivity contribution in [1.82, 2.24) is 5.32 Å². The van der Waals surface area contributed by atoms with Crippen LogP contribution < -0.4 is 29.0 Å². The van der Waals surface area contributed by atoms with Gasteiger partial charge in [-0.3, -0.25) is 0 Å². The Labute approximate surface area is 166 Å². The van der Waals surface area contributed by atoms with Crippen LogP contribution >= 0.6 is 0 Å². The number of methoxy groups -OCH3 is 3. The number of nitrogens with one attached hydrogen (secondary N) is 1. The zero-order chi connectivity index (χ0) is 20.1. The summed E-state index contributed by atoms with van der Waals surface area (Å²) in [4.78, 5) is 0. The highest BCUT2D eigenvalue weighted by atomic mass is 16.5. The summed E-state index contributed by atoms with van der Waals surface area (Å²) >= 11 is 0. The van der Waals surface area contributed by atoms with Crippen LogP contribution in [0.2, 0.25) is 0 Å². The van der Waals surface area contributed by atoms with E-state index in [4.69, 9.17) is 23.7 Å². The van der Waals surface area contributed by atoms with Crippen LogP contribution in [0.1, 0.15) is 36.6 Å². The third kappa shape index (κ3) is 3.83. The molecule has 0 amide bonds. The van der Waals surface area contributed by atoms with E-state index >= 15 is 0 Å². The van der Waals surface area contributed by atoms with Crippen LogP contribution in [-0.2, 0) is 6.42 Å². The molecule has 28 heavy (non-hydrogen) atoms. The molecule has 152 valence electrons. The maximum atomic E-state index is 5.84. The van der Waals surface area contributed by atoms with E-state index in [2.05, 4.69) is 17.4 Å². The first-order valence-electron chi connectivity index (χ1n) is 9.62. The number of fused-ring (bicyclic) bond motifs is 1. The maximum absolute atomic E-state index is 5.84. The normalized spacial score (nSPS) is 15.5. The fourth-order valence-corrected chi connectivity index (χ4v) is 3.67. The highest BCUT2D eigenvalue weighted by Gasteiger charge is 2.26. The molecule has 6 heteroatoms. The van der Waals surface area contributed by atoms with Crippen molar-refractivity contribution in [3.63, 3.8) is 0 Å². The molecule has 2 aromatic carbocycles. The molecule has 0 bridgehead atoms. The molecule has 0 spiro atoms. The molecule has 6 nitrogen and oxygen atoms in total. The maximum Gasteiger partial charge on any atom is 0.203 e. The van der Waals surface area contributed by atoms with Crippen molar-refractivity contribution < 1.29 is 23.7 Å². The first-order valence-corrected chi connectivity index (χ1v) is 9.62. The van der Waals surface area contributed by atoms with Gasteiger partial charge in [-0.05, 0) is 61.2 Å². The lowest BCUT2D eigenvalue weighted by molar-refractivity contribution is 0.286. The number of hydrogen-bond donors (Lipinski definition) is 1. The zero-order valence-corrected chi connectivity index (χ0v) is 17.3. The standard InChI is InChI=1S/C22H29NO5/c1-6-27-17-10-14-8-9-23-21(16(14)13-18(17)28-7-2)15-11-19(24-3)22(26-5)20(12-15)25-4/h10-13,21,23H,6-9H2,1-5H3. The second-order valence-electron chi connectivity index (χ2n) is 6.46. The van der Waals surface area contributed by atoms with Gasteiger partial charge in [0.25, 0.3) is 0 Å². The summed E-state index contributed by atoms with van der Waals surface area (Å²) in [5, 5.41) is 3.60. The van der Waals surface area contributed by atoms with Crippen molar-refractivity contribution >= 4 is 0 Å². The summed E-state index contributed by atoms with van der Waals surface area (Å²) < 4.78 is 28.2. The summed E-state index contributed by atoms with van der Waals surface area (Å²) in [5.41, 5.74) is 3.47. The molecule has 1 atom stereocenters. The van der Waals surface area contributed by atoms with Crippen LogP contribution in [-0.4, -0.2) is 41.1 Å². The topological polar surface area (TPSA) is 58.2 Å². The molecule has 0 radical (unpaired) electrons. The fourth-order valence-electron chi connectivity index (χ4n) is 3.67. The minimum absolute atomic E-state index is 0.00709. The van der Waals surface area contributed by atoms with Crippen molar-refractivity contribution in [3.05, 3.63) is 41.0 Å². The van der Waals surface area contributed by atoms with Gasteiger partial charge in [-0.1, -0.05) is 0 Å². The van der Waals surface area contributed by atoms with Gasteiger partial charge in [-0.25, -0.2) is 0 Å². The molecule has 1 heterocycles. The molecule has 0 aliphatic carbocycles. The Kier molecular flexibility index (Phi) is 6.52. The average molecular weight is 387 g/mol. The van der Waals surface area contributed by atoms with E-state index in [0.29, 0.717) is 30.5 Å². The van der Waals surface area contributed by atoms with Gasteiger partial charge in [0, 0.05) is 6.54 Å². The van der Waals surface area contributed by atoms with Crippen LogP contribution in [0.5, 0.6) is 28.7 Å². The Hall–Kier alpha value is -2.60. The number of rotatable bonds is 8. The lowest BCUT2D eigenvalue weighted by Crippen LogP contribution is -2.30. The van der Waals surface area contributed by atoms with Crippen molar-refractivity contribution in [2.75, 3.05) is 41.1 Å². The Morgan fingerprint density at radius 3 is 1.96 bits per heavy atom. The lowest BCUT2D eigenvalue weighted by atomic mass is 9.89. The molecule has 0 aromatic heterocycles. The SMILES string of the molecule is CCOc1cc2c(cc1OCC)C(c1cc(OC)c(OC)c(OC)c1)NCC2. The monoisotopic (exact) mass is 387 g/mol. The summed E-state index contributed by atoms with van der Waals surface area (Å²) in [6.07, 6.45) is 0.933. The van der Waals surface area contributed by atoms with Gasteiger partial charge in [0.2, 0.25) is 5.75 Å². The molecule has 3 rings (SSSR count). The minimum Gasteiger partial charge on any atom is -0.493 e. The molecule has 0 fully saturated rings. The van der Waals surface area contributed by atoms with Gasteiger partial charge < -0.3 is 29.0 Å². The third-order valence-electron chi connectivity index (χ3n) is 4.88. The van der Waals surface area contributed by atoms with Crippen molar-refractivity contribution in [3.8, 4) is 28.7 Å². The Morgan fingerprint density at radius 1 is 0.821 bits per heavy atom. The third-order valence-corrected chi connectivity index (χ3v) is 4.88. The van der Waals surface area contributed by atoms with Crippen LogP contribution in [0, 0.1) is 0 Å². The molecular formula is C22H29NO5. The number of ether oxygens (including phenoxy) is 5. The largest absolute Gasteiger partial charge is 0.493 e. The van der Waals surface area contributed by atoms with E-state index in [0.717, 1.165) is 30.0 Å². The summed E-state index contributed by atoms with van der Waals surface area (Å²) in [6.45, 7) is 6.02. The van der Waals surface area contributed by atoms with E-state index in [9.17, 15) is 0 Å². The highest BCUT2D eigenvalue weighted by molar-refractivity contribution is 5.57. The first kappa shape index (κ1) is 20.1. The number of benzene rings is 2. The average Bonchev–Trinajstić information content (AvgIpc) is 2.73. The predicted octanol–water partition coefficient (Wildman–Crippen LogP) is 3.74. The molecule has 1 unspecified atom stereocenters. The van der Waals surface area contributed by atoms with E-state index < -0.39 is 0 Å². The highest BCUT2D eigenvalue weighted by Crippen LogP contribution is 2.43. The first-order chi connectivity index (χ1) is 13.7. The summed E-state index contributed by atoms with van der Waals surface area (Å²) in [7, 11) is 4.87. The van der Waals surface area contributed by atoms with Gasteiger partial charge in [-0.2, -0.15) is 0 Å². The second-order valence-corrected chi connectivity index (χ2v) is 6.46. The van der Waals surface area contributed by atoms with Gasteiger partial charge in [0.05, 0.1) is 40.6 Å². The second kappa shape index (κ2) is 9.06. The molecule has 2 aromatic rings. The van der Waals surface area contributed by atoms with E-state index in [1.807, 2.05) is 26.0 Å². The van der Waals surface area contributed by atoms with E-state index in [1.54, 1.807) is 21.3 Å². The molecular weight excluding hydrogens is 358 g/mol. The van der Waals surface area contributed by atoms with Crippen molar-refractivity contribution in [2.45, 2.75) is 26.3 Å². The number of hydrogen-bond acceptors (Lipinski definition) is 6. The van der Waals surface area contributed by atoms with Crippen molar-refractivity contribution in [2.24, 2.45) is 0 Å². The molecule has 0 saturated heterocycles. The zero-order valence-electron chi connectivity index (χ0n) is 17.3. The van der Waals surface area contributed by atoms with E-state index in [1.165, 1.54) is 11.1 Å². The van der Waals surface area contributed by atoms with Gasteiger partial charge in [-0.15, -0.1) is 0 Å². The van der Waals surface area contributed by atoms with Crippen LogP contribution in [0.4, 0.5) is 0 Å². The molecule has 0 saturated carbocycles. The van der Waals surface area contributed by atoms with Crippen LogP contribution in [0.3, 0.4) is 0 Å². The van der Waals surface area contributed by atoms with Gasteiger partial charge >= 0.3 is 0 Å². The van der Waals surface area contributed by atoms with Gasteiger partial charge in [0.1, 0.15) is 0 Å². The summed E-state index contributed by atoms with van der Waals surface area (Å²) in [5.74, 6) is 3.44. The molecule has 1 N–H and O–H groups in total. The fraction of sp³-hybridized carbons (Fsp3) is 0.455. The Bertz CT molecular complexity index is 796. The summed E-state index contributed by atoms with van der Waals surface area (Å²) in [6, 6.07) is 8.17. The predicted molar refractivity (Wildman–Crippen MR) is 108 cm³/mol. The Balaban J connectivity index is 2.10. The smallest absolute Gasteiger partial charge is 0.203 e. The van der Waals surface area contributed by atoms with Crippen molar-refractivity contribution in [1.29, 1.82) is 0 Å². The van der Waals surface area contributed by atoms with Crippen LogP contribution in [0.25, 0.3) is 0 Å². The molecule has 1 aliphatic rings. The molecule has 1 aliphatic heterocycles.